The van der Waals surface area contributed by atoms with Gasteiger partial charge in [0, 0.05) is 11.5 Å². The number of nitrogens with zero attached hydrogens (tertiary/aromatic N) is 2. The first-order chi connectivity index (χ1) is 13.2. The average molecular weight is 390 g/mol. The standard InChI is InChI=1S/C23H39N3O2/c1-21(2,24)14-28-26-15-7-11-23(4)18-8-10-22(3)9-5-6-17(22)16(18)13-20(25-27)19(23)12-15/h16-19,27H,5-14,24H2,1-4H3/b25-20+,26-15?/t16-,17-,18-,19?,22-,23+/m0/s1. The molecule has 3 N–H and O–H groups in total. The van der Waals surface area contributed by atoms with E-state index in [1.165, 1.54) is 32.1 Å². The van der Waals surface area contributed by atoms with Crippen LogP contribution in [-0.2, 0) is 4.84 Å². The van der Waals surface area contributed by atoms with E-state index in [0.29, 0.717) is 23.9 Å². The molecular formula is C23H39N3O2. The van der Waals surface area contributed by atoms with Crippen molar-refractivity contribution in [3.63, 3.8) is 0 Å². The van der Waals surface area contributed by atoms with Gasteiger partial charge in [0.15, 0.2) is 0 Å². The van der Waals surface area contributed by atoms with Crippen molar-refractivity contribution in [2.24, 2.45) is 50.5 Å². The molecular weight excluding hydrogens is 350 g/mol. The number of oxime groups is 2. The molecule has 0 aromatic heterocycles. The van der Waals surface area contributed by atoms with Crippen LogP contribution in [0.3, 0.4) is 0 Å². The number of nitrogens with two attached hydrogens (primary N) is 1. The van der Waals surface area contributed by atoms with Crippen LogP contribution in [0.4, 0.5) is 0 Å². The van der Waals surface area contributed by atoms with Crippen LogP contribution in [-0.4, -0.2) is 28.8 Å². The smallest absolute Gasteiger partial charge is 0.134 e. The summed E-state index contributed by atoms with van der Waals surface area (Å²) in [6, 6.07) is 0. The maximum Gasteiger partial charge on any atom is 0.134 e. The summed E-state index contributed by atoms with van der Waals surface area (Å²) in [5, 5.41) is 18.2. The zero-order chi connectivity index (χ0) is 20.2. The summed E-state index contributed by atoms with van der Waals surface area (Å²) in [6.45, 7) is 9.31. The molecule has 5 nitrogen and oxygen atoms in total. The van der Waals surface area contributed by atoms with Gasteiger partial charge in [-0.15, -0.1) is 0 Å². The Morgan fingerprint density at radius 3 is 2.64 bits per heavy atom. The Kier molecular flexibility index (Phi) is 5.05. The Morgan fingerprint density at radius 1 is 1.14 bits per heavy atom. The van der Waals surface area contributed by atoms with Crippen LogP contribution < -0.4 is 5.73 Å². The van der Waals surface area contributed by atoms with E-state index in [1.54, 1.807) is 0 Å². The maximum atomic E-state index is 9.91. The quantitative estimate of drug-likeness (QED) is 0.528. The van der Waals surface area contributed by atoms with Crippen LogP contribution in [0.1, 0.15) is 85.5 Å². The van der Waals surface area contributed by atoms with Gasteiger partial charge >= 0.3 is 0 Å². The monoisotopic (exact) mass is 389 g/mol. The third kappa shape index (κ3) is 3.38. The van der Waals surface area contributed by atoms with Crippen molar-refractivity contribution < 1.29 is 10.0 Å². The van der Waals surface area contributed by atoms with E-state index < -0.39 is 0 Å². The molecule has 5 heteroatoms. The Bertz CT molecular complexity index is 667. The molecule has 6 atom stereocenters. The van der Waals surface area contributed by atoms with E-state index >= 15 is 0 Å². The minimum atomic E-state index is -0.376. The van der Waals surface area contributed by atoms with Crippen LogP contribution in [0.5, 0.6) is 0 Å². The normalized spacial score (nSPS) is 46.2. The van der Waals surface area contributed by atoms with Gasteiger partial charge in [-0.3, -0.25) is 0 Å². The summed E-state index contributed by atoms with van der Waals surface area (Å²) in [6.07, 6.45) is 10.8. The Balaban J connectivity index is 1.55. The first-order valence-corrected chi connectivity index (χ1v) is 11.3. The minimum absolute atomic E-state index is 0.223. The van der Waals surface area contributed by atoms with Gasteiger partial charge in [0.2, 0.25) is 0 Å². The molecule has 0 spiro atoms. The largest absolute Gasteiger partial charge is 0.411 e. The van der Waals surface area contributed by atoms with Gasteiger partial charge in [-0.2, -0.15) is 0 Å². The lowest BCUT2D eigenvalue weighted by atomic mass is 9.45. The van der Waals surface area contributed by atoms with E-state index in [2.05, 4.69) is 24.2 Å². The van der Waals surface area contributed by atoms with Crippen molar-refractivity contribution in [3.05, 3.63) is 0 Å². The van der Waals surface area contributed by atoms with Gasteiger partial charge in [-0.25, -0.2) is 0 Å². The fraction of sp³-hybridized carbons (Fsp3) is 0.913. The molecule has 0 aromatic carbocycles. The molecule has 4 fully saturated rings. The molecule has 0 saturated heterocycles. The van der Waals surface area contributed by atoms with Gasteiger partial charge in [0.05, 0.1) is 11.4 Å². The van der Waals surface area contributed by atoms with Crippen LogP contribution in [0, 0.1) is 34.5 Å². The summed E-state index contributed by atoms with van der Waals surface area (Å²) in [5.41, 5.74) is 8.50. The number of hydrogen-bond donors (Lipinski definition) is 2. The predicted octanol–water partition coefficient (Wildman–Crippen LogP) is 4.97. The highest BCUT2D eigenvalue weighted by Gasteiger charge is 2.59. The van der Waals surface area contributed by atoms with E-state index in [4.69, 9.17) is 10.6 Å². The highest BCUT2D eigenvalue weighted by Crippen LogP contribution is 2.65. The molecule has 158 valence electrons. The van der Waals surface area contributed by atoms with Crippen molar-refractivity contribution in [2.45, 2.75) is 91.0 Å². The van der Waals surface area contributed by atoms with E-state index in [9.17, 15) is 5.21 Å². The summed E-state index contributed by atoms with van der Waals surface area (Å²) in [5.74, 6) is 2.56. The third-order valence-electron chi connectivity index (χ3n) is 8.86. The Labute approximate surface area is 170 Å². The van der Waals surface area contributed by atoms with Crippen molar-refractivity contribution in [2.75, 3.05) is 6.61 Å². The SMILES string of the molecule is CC(C)(N)CON=C1CC[C@@]2(C)C(C1)/C(=N/O)C[C@H]1[C@@H]3CCC[C@@]3(C)CC[C@@H]12. The second kappa shape index (κ2) is 7.00. The highest BCUT2D eigenvalue weighted by molar-refractivity contribution is 5.95. The van der Waals surface area contributed by atoms with Crippen LogP contribution in [0.25, 0.3) is 0 Å². The molecule has 0 aliphatic heterocycles. The van der Waals surface area contributed by atoms with Crippen molar-refractivity contribution in [1.29, 1.82) is 0 Å². The topological polar surface area (TPSA) is 80.2 Å². The highest BCUT2D eigenvalue weighted by atomic mass is 16.6. The Morgan fingerprint density at radius 2 is 1.93 bits per heavy atom. The van der Waals surface area contributed by atoms with Crippen LogP contribution in [0.2, 0.25) is 0 Å². The first-order valence-electron chi connectivity index (χ1n) is 11.3. The van der Waals surface area contributed by atoms with Gasteiger partial charge in [0.1, 0.15) is 6.61 Å². The van der Waals surface area contributed by atoms with Gasteiger partial charge in [0.25, 0.3) is 0 Å². The lowest BCUT2D eigenvalue weighted by Crippen LogP contribution is -2.56. The molecule has 4 aliphatic rings. The van der Waals surface area contributed by atoms with Crippen molar-refractivity contribution in [3.8, 4) is 0 Å². The second-order valence-electron chi connectivity index (χ2n) is 11.4. The third-order valence-corrected chi connectivity index (χ3v) is 8.86. The van der Waals surface area contributed by atoms with Crippen molar-refractivity contribution >= 4 is 11.4 Å². The first kappa shape index (κ1) is 20.2. The number of rotatable bonds is 3. The van der Waals surface area contributed by atoms with E-state index in [0.717, 1.165) is 48.9 Å². The fourth-order valence-corrected chi connectivity index (χ4v) is 7.35. The van der Waals surface area contributed by atoms with Crippen LogP contribution >= 0.6 is 0 Å². The summed E-state index contributed by atoms with van der Waals surface area (Å²) in [4.78, 5) is 5.56. The average Bonchev–Trinajstić information content (AvgIpc) is 3.02. The van der Waals surface area contributed by atoms with Crippen LogP contribution in [0.15, 0.2) is 10.3 Å². The molecule has 4 saturated carbocycles. The van der Waals surface area contributed by atoms with Gasteiger partial charge < -0.3 is 15.8 Å². The Hall–Kier alpha value is -1.10. The summed E-state index contributed by atoms with van der Waals surface area (Å²) < 4.78 is 0. The number of hydrogen-bond acceptors (Lipinski definition) is 5. The molecule has 0 amide bonds. The van der Waals surface area contributed by atoms with E-state index in [-0.39, 0.29) is 11.0 Å². The summed E-state index contributed by atoms with van der Waals surface area (Å²) in [7, 11) is 0. The van der Waals surface area contributed by atoms with E-state index in [1.807, 2.05) is 13.8 Å². The summed E-state index contributed by atoms with van der Waals surface area (Å²) >= 11 is 0. The molecule has 0 radical (unpaired) electrons. The zero-order valence-corrected chi connectivity index (χ0v) is 18.2. The molecule has 28 heavy (non-hydrogen) atoms. The number of fused-ring (bicyclic) bond motifs is 5. The lowest BCUT2D eigenvalue weighted by Gasteiger charge is -2.59. The molecule has 0 heterocycles. The van der Waals surface area contributed by atoms with Gasteiger partial charge in [-0.1, -0.05) is 30.6 Å². The lowest BCUT2D eigenvalue weighted by molar-refractivity contribution is -0.0553. The van der Waals surface area contributed by atoms with Gasteiger partial charge in [-0.05, 0) is 93.8 Å². The van der Waals surface area contributed by atoms with Crippen molar-refractivity contribution in [1.82, 2.24) is 0 Å². The molecule has 0 aromatic rings. The molecule has 1 unspecified atom stereocenters. The predicted molar refractivity (Wildman–Crippen MR) is 113 cm³/mol. The molecule has 4 aliphatic carbocycles. The molecule has 0 bridgehead atoms. The molecule has 4 rings (SSSR count). The fourth-order valence-electron chi connectivity index (χ4n) is 7.35. The zero-order valence-electron chi connectivity index (χ0n) is 18.2. The maximum absolute atomic E-state index is 9.91. The minimum Gasteiger partial charge on any atom is -0.411 e. The second-order valence-corrected chi connectivity index (χ2v) is 11.4.